The lowest BCUT2D eigenvalue weighted by atomic mass is 10.1. The third kappa shape index (κ3) is 1.03. The minimum atomic E-state index is -0.210. The summed E-state index contributed by atoms with van der Waals surface area (Å²) < 4.78 is 13.7. The molecule has 0 atom stereocenters. The molecule has 0 saturated carbocycles. The molecule has 4 aromatic rings. The molecular formula is C14H9FN2. The van der Waals surface area contributed by atoms with E-state index in [0.29, 0.717) is 5.52 Å². The van der Waals surface area contributed by atoms with Gasteiger partial charge in [0.2, 0.25) is 0 Å². The van der Waals surface area contributed by atoms with Crippen molar-refractivity contribution in [1.82, 2.24) is 9.97 Å². The summed E-state index contributed by atoms with van der Waals surface area (Å²) in [7, 11) is 0. The van der Waals surface area contributed by atoms with E-state index in [0.717, 1.165) is 27.2 Å². The minimum absolute atomic E-state index is 0.210. The van der Waals surface area contributed by atoms with Crippen LogP contribution in [0.3, 0.4) is 0 Å². The maximum absolute atomic E-state index is 13.7. The number of benzene rings is 2. The Morgan fingerprint density at radius 1 is 0.824 bits per heavy atom. The first-order valence-corrected chi connectivity index (χ1v) is 5.50. The average molecular weight is 224 g/mol. The maximum atomic E-state index is 13.7. The fourth-order valence-corrected chi connectivity index (χ4v) is 2.48. The fourth-order valence-electron chi connectivity index (χ4n) is 2.48. The molecule has 0 spiro atoms. The number of aromatic amines is 2. The van der Waals surface area contributed by atoms with E-state index in [-0.39, 0.29) is 5.82 Å². The Balaban J connectivity index is 2.36. The second-order valence-electron chi connectivity index (χ2n) is 4.22. The Labute approximate surface area is 96.1 Å². The van der Waals surface area contributed by atoms with Crippen molar-refractivity contribution in [2.75, 3.05) is 0 Å². The van der Waals surface area contributed by atoms with Crippen molar-refractivity contribution in [3.63, 3.8) is 0 Å². The van der Waals surface area contributed by atoms with Crippen LogP contribution in [0.25, 0.3) is 32.7 Å². The third-order valence-electron chi connectivity index (χ3n) is 3.28. The Morgan fingerprint density at radius 2 is 1.71 bits per heavy atom. The zero-order valence-electron chi connectivity index (χ0n) is 8.92. The van der Waals surface area contributed by atoms with Gasteiger partial charge in [0, 0.05) is 22.4 Å². The van der Waals surface area contributed by atoms with Crippen LogP contribution in [0.5, 0.6) is 0 Å². The fraction of sp³-hybridized carbons (Fsp3) is 0. The van der Waals surface area contributed by atoms with Gasteiger partial charge in [-0.05, 0) is 12.1 Å². The molecule has 2 N–H and O–H groups in total. The van der Waals surface area contributed by atoms with Gasteiger partial charge in [-0.15, -0.1) is 0 Å². The van der Waals surface area contributed by atoms with Crippen LogP contribution in [0.15, 0.2) is 42.6 Å². The number of aromatic nitrogens is 2. The van der Waals surface area contributed by atoms with Gasteiger partial charge in [-0.1, -0.05) is 24.3 Å². The molecule has 0 unspecified atom stereocenters. The van der Waals surface area contributed by atoms with Gasteiger partial charge in [-0.2, -0.15) is 0 Å². The highest BCUT2D eigenvalue weighted by molar-refractivity contribution is 6.15. The summed E-state index contributed by atoms with van der Waals surface area (Å²) in [5.74, 6) is -0.210. The van der Waals surface area contributed by atoms with Gasteiger partial charge >= 0.3 is 0 Å². The van der Waals surface area contributed by atoms with E-state index in [1.54, 1.807) is 6.07 Å². The normalized spacial score (nSPS) is 11.8. The summed E-state index contributed by atoms with van der Waals surface area (Å²) in [5.41, 5.74) is 2.57. The smallest absolute Gasteiger partial charge is 0.147 e. The number of nitrogens with one attached hydrogen (secondary N) is 2. The molecule has 2 nitrogen and oxygen atoms in total. The molecule has 17 heavy (non-hydrogen) atoms. The van der Waals surface area contributed by atoms with E-state index in [4.69, 9.17) is 0 Å². The molecular weight excluding hydrogens is 215 g/mol. The molecule has 0 amide bonds. The highest BCUT2D eigenvalue weighted by Crippen LogP contribution is 2.31. The predicted molar refractivity (Wildman–Crippen MR) is 67.6 cm³/mol. The molecule has 3 heteroatoms. The van der Waals surface area contributed by atoms with Crippen LogP contribution in [0.4, 0.5) is 4.39 Å². The number of para-hydroxylation sites is 1. The van der Waals surface area contributed by atoms with E-state index in [2.05, 4.69) is 9.97 Å². The molecule has 4 rings (SSSR count). The first-order valence-electron chi connectivity index (χ1n) is 5.50. The zero-order valence-corrected chi connectivity index (χ0v) is 8.92. The lowest BCUT2D eigenvalue weighted by Crippen LogP contribution is -1.75. The second kappa shape index (κ2) is 2.88. The topological polar surface area (TPSA) is 31.6 Å². The molecule has 0 aliphatic rings. The summed E-state index contributed by atoms with van der Waals surface area (Å²) in [4.78, 5) is 6.36. The molecule has 0 fully saturated rings. The molecule has 0 aliphatic carbocycles. The third-order valence-corrected chi connectivity index (χ3v) is 3.28. The average Bonchev–Trinajstić information content (AvgIpc) is 2.91. The van der Waals surface area contributed by atoms with Crippen LogP contribution in [0, 0.1) is 5.82 Å². The SMILES string of the molecule is Fc1cccc2c1[nH]c1c2ccc2cc[nH]c21. The molecule has 0 bridgehead atoms. The van der Waals surface area contributed by atoms with E-state index >= 15 is 0 Å². The summed E-state index contributed by atoms with van der Waals surface area (Å²) >= 11 is 0. The van der Waals surface area contributed by atoms with E-state index in [1.807, 2.05) is 30.5 Å². The number of halogens is 1. The van der Waals surface area contributed by atoms with Gasteiger partial charge in [-0.25, -0.2) is 4.39 Å². The van der Waals surface area contributed by atoms with Gasteiger partial charge in [0.1, 0.15) is 5.82 Å². The molecule has 0 aliphatic heterocycles. The van der Waals surface area contributed by atoms with E-state index < -0.39 is 0 Å². The molecule has 2 aromatic heterocycles. The Bertz CT molecular complexity index is 854. The molecule has 82 valence electrons. The van der Waals surface area contributed by atoms with Crippen molar-refractivity contribution >= 4 is 32.7 Å². The minimum Gasteiger partial charge on any atom is -0.359 e. The van der Waals surface area contributed by atoms with Crippen LogP contribution in [-0.4, -0.2) is 9.97 Å². The van der Waals surface area contributed by atoms with Gasteiger partial charge in [0.25, 0.3) is 0 Å². The number of H-pyrrole nitrogens is 2. The van der Waals surface area contributed by atoms with Gasteiger partial charge < -0.3 is 9.97 Å². The van der Waals surface area contributed by atoms with Crippen molar-refractivity contribution < 1.29 is 4.39 Å². The maximum Gasteiger partial charge on any atom is 0.147 e. The summed E-state index contributed by atoms with van der Waals surface area (Å²) in [6.07, 6.45) is 1.89. The molecule has 2 heterocycles. The Kier molecular flexibility index (Phi) is 1.50. The van der Waals surface area contributed by atoms with Crippen LogP contribution in [0.1, 0.15) is 0 Å². The predicted octanol–water partition coefficient (Wildman–Crippen LogP) is 3.94. The van der Waals surface area contributed by atoms with Crippen molar-refractivity contribution in [2.24, 2.45) is 0 Å². The zero-order chi connectivity index (χ0) is 11.4. The van der Waals surface area contributed by atoms with Crippen LogP contribution < -0.4 is 0 Å². The number of rotatable bonds is 0. The lowest BCUT2D eigenvalue weighted by molar-refractivity contribution is 0.637. The van der Waals surface area contributed by atoms with Crippen LogP contribution >= 0.6 is 0 Å². The van der Waals surface area contributed by atoms with E-state index in [9.17, 15) is 4.39 Å². The van der Waals surface area contributed by atoms with Crippen molar-refractivity contribution in [2.45, 2.75) is 0 Å². The lowest BCUT2D eigenvalue weighted by Gasteiger charge is -1.93. The van der Waals surface area contributed by atoms with E-state index in [1.165, 1.54) is 6.07 Å². The summed E-state index contributed by atoms with van der Waals surface area (Å²) in [6.45, 7) is 0. The summed E-state index contributed by atoms with van der Waals surface area (Å²) in [6, 6.07) is 11.2. The van der Waals surface area contributed by atoms with Crippen LogP contribution in [0.2, 0.25) is 0 Å². The van der Waals surface area contributed by atoms with Crippen LogP contribution in [-0.2, 0) is 0 Å². The second-order valence-corrected chi connectivity index (χ2v) is 4.22. The number of fused-ring (bicyclic) bond motifs is 5. The van der Waals surface area contributed by atoms with Crippen molar-refractivity contribution in [1.29, 1.82) is 0 Å². The van der Waals surface area contributed by atoms with Gasteiger partial charge in [0.15, 0.2) is 0 Å². The molecule has 2 aromatic carbocycles. The number of hydrogen-bond acceptors (Lipinski definition) is 0. The van der Waals surface area contributed by atoms with Gasteiger partial charge in [-0.3, -0.25) is 0 Å². The molecule has 0 saturated heterocycles. The first kappa shape index (κ1) is 8.82. The highest BCUT2D eigenvalue weighted by atomic mass is 19.1. The Hall–Kier alpha value is -2.29. The Morgan fingerprint density at radius 3 is 2.65 bits per heavy atom. The van der Waals surface area contributed by atoms with Crippen molar-refractivity contribution in [3.8, 4) is 0 Å². The highest BCUT2D eigenvalue weighted by Gasteiger charge is 2.10. The monoisotopic (exact) mass is 224 g/mol. The number of hydrogen-bond donors (Lipinski definition) is 2. The first-order chi connectivity index (χ1) is 8.34. The van der Waals surface area contributed by atoms with Gasteiger partial charge in [0.05, 0.1) is 16.6 Å². The van der Waals surface area contributed by atoms with Crippen molar-refractivity contribution in [3.05, 3.63) is 48.4 Å². The molecule has 0 radical (unpaired) electrons. The quantitative estimate of drug-likeness (QED) is 0.453. The summed E-state index contributed by atoms with van der Waals surface area (Å²) in [5, 5.41) is 3.11. The standard InChI is InChI=1S/C14H9FN2/c15-11-3-1-2-9-10-5-4-8-6-7-16-12(8)14(10)17-13(9)11/h1-7,16-17H. The largest absolute Gasteiger partial charge is 0.359 e.